The molecule has 1 aromatic heterocycles. The Balaban J connectivity index is 1.33. The second-order valence-electron chi connectivity index (χ2n) is 8.41. The molecule has 1 aliphatic carbocycles. The number of carbonyl (C=O) groups is 1. The number of hydrogen-bond donors (Lipinski definition) is 2. The van der Waals surface area contributed by atoms with Crippen LogP contribution in [0.1, 0.15) is 66.8 Å². The van der Waals surface area contributed by atoms with E-state index in [9.17, 15) is 9.90 Å². The highest BCUT2D eigenvalue weighted by Gasteiger charge is 2.23. The van der Waals surface area contributed by atoms with Gasteiger partial charge in [-0.2, -0.15) is 0 Å². The highest BCUT2D eigenvalue weighted by Crippen LogP contribution is 2.28. The standard InChI is InChI=1S/C24H31N3O2/c28-22-11-9-21(10-12-22)26-23-13-8-20(17-25-23)24(29)27-15-4-7-19(14-16-27)18-5-2-1-3-6-18/h1-3,5-6,8,13,17,19,21-22,28H,4,7,9-12,14-16H2,(H,25,26)/t19-,21?,22?/m0/s1. The number of amides is 1. The van der Waals surface area contributed by atoms with E-state index in [1.165, 1.54) is 5.56 Å². The molecular weight excluding hydrogens is 362 g/mol. The number of pyridine rings is 1. The summed E-state index contributed by atoms with van der Waals surface area (Å²) in [4.78, 5) is 19.4. The van der Waals surface area contributed by atoms with Crippen LogP contribution in [0, 0.1) is 0 Å². The van der Waals surface area contributed by atoms with Crippen LogP contribution < -0.4 is 5.32 Å². The lowest BCUT2D eigenvalue weighted by Crippen LogP contribution is -2.32. The summed E-state index contributed by atoms with van der Waals surface area (Å²) < 4.78 is 0. The van der Waals surface area contributed by atoms with Gasteiger partial charge in [0, 0.05) is 25.3 Å². The van der Waals surface area contributed by atoms with E-state index in [4.69, 9.17) is 0 Å². The van der Waals surface area contributed by atoms with Crippen LogP contribution in [0.25, 0.3) is 0 Å². The topological polar surface area (TPSA) is 65.5 Å². The summed E-state index contributed by atoms with van der Waals surface area (Å²) in [6.45, 7) is 1.61. The fraction of sp³-hybridized carbons (Fsp3) is 0.500. The number of aliphatic hydroxyl groups is 1. The number of aliphatic hydroxyl groups excluding tert-OH is 1. The van der Waals surface area contributed by atoms with Crippen molar-refractivity contribution in [2.75, 3.05) is 18.4 Å². The highest BCUT2D eigenvalue weighted by atomic mass is 16.3. The first-order valence-electron chi connectivity index (χ1n) is 10.9. The Bertz CT molecular complexity index is 786. The monoisotopic (exact) mass is 393 g/mol. The zero-order valence-corrected chi connectivity index (χ0v) is 17.0. The molecule has 1 amide bonds. The first kappa shape index (κ1) is 19.9. The lowest BCUT2D eigenvalue weighted by molar-refractivity contribution is 0.0760. The van der Waals surface area contributed by atoms with E-state index < -0.39 is 0 Å². The second kappa shape index (κ2) is 9.40. The van der Waals surface area contributed by atoms with Gasteiger partial charge in [-0.1, -0.05) is 30.3 Å². The van der Waals surface area contributed by atoms with Gasteiger partial charge in [0.05, 0.1) is 11.7 Å². The van der Waals surface area contributed by atoms with E-state index >= 15 is 0 Å². The van der Waals surface area contributed by atoms with Crippen molar-refractivity contribution in [2.45, 2.75) is 63.0 Å². The molecule has 0 unspecified atom stereocenters. The summed E-state index contributed by atoms with van der Waals surface area (Å²) in [6, 6.07) is 14.8. The molecule has 154 valence electrons. The minimum absolute atomic E-state index is 0.0820. The molecule has 0 bridgehead atoms. The van der Waals surface area contributed by atoms with Crippen LogP contribution in [-0.4, -0.2) is 46.1 Å². The highest BCUT2D eigenvalue weighted by molar-refractivity contribution is 5.94. The molecule has 2 aromatic rings. The van der Waals surface area contributed by atoms with Gasteiger partial charge in [-0.25, -0.2) is 4.98 Å². The van der Waals surface area contributed by atoms with Crippen molar-refractivity contribution >= 4 is 11.7 Å². The molecule has 1 aromatic carbocycles. The number of aromatic nitrogens is 1. The molecule has 29 heavy (non-hydrogen) atoms. The SMILES string of the molecule is O=C(c1ccc(NC2CCC(O)CC2)nc1)N1CCC[C@H](c2ccccc2)CC1. The molecule has 0 radical (unpaired) electrons. The van der Waals surface area contributed by atoms with Gasteiger partial charge in [-0.15, -0.1) is 0 Å². The van der Waals surface area contributed by atoms with Crippen molar-refractivity contribution in [3.63, 3.8) is 0 Å². The number of hydrogen-bond acceptors (Lipinski definition) is 4. The van der Waals surface area contributed by atoms with E-state index in [1.807, 2.05) is 17.0 Å². The molecule has 5 nitrogen and oxygen atoms in total. The first-order chi connectivity index (χ1) is 14.2. The number of benzene rings is 1. The van der Waals surface area contributed by atoms with E-state index in [-0.39, 0.29) is 12.0 Å². The molecule has 2 aliphatic rings. The Morgan fingerprint density at radius 2 is 1.76 bits per heavy atom. The van der Waals surface area contributed by atoms with Gasteiger partial charge < -0.3 is 15.3 Å². The zero-order chi connectivity index (χ0) is 20.1. The number of rotatable bonds is 4. The lowest BCUT2D eigenvalue weighted by atomic mass is 9.92. The number of likely N-dealkylation sites (tertiary alicyclic amines) is 1. The largest absolute Gasteiger partial charge is 0.393 e. The predicted molar refractivity (Wildman–Crippen MR) is 115 cm³/mol. The molecule has 4 rings (SSSR count). The maximum Gasteiger partial charge on any atom is 0.255 e. The summed E-state index contributed by atoms with van der Waals surface area (Å²) in [5.74, 6) is 1.43. The maximum absolute atomic E-state index is 13.0. The van der Waals surface area contributed by atoms with Gasteiger partial charge in [-0.05, 0) is 68.6 Å². The van der Waals surface area contributed by atoms with Gasteiger partial charge in [0.1, 0.15) is 5.82 Å². The van der Waals surface area contributed by atoms with E-state index in [0.717, 1.165) is 63.9 Å². The van der Waals surface area contributed by atoms with Gasteiger partial charge in [-0.3, -0.25) is 4.79 Å². The lowest BCUT2D eigenvalue weighted by Gasteiger charge is -2.26. The number of carbonyl (C=O) groups excluding carboxylic acids is 1. The molecular formula is C24H31N3O2. The van der Waals surface area contributed by atoms with Crippen LogP contribution in [-0.2, 0) is 0 Å². The Hall–Kier alpha value is -2.40. The van der Waals surface area contributed by atoms with Crippen molar-refractivity contribution in [1.82, 2.24) is 9.88 Å². The van der Waals surface area contributed by atoms with Gasteiger partial charge >= 0.3 is 0 Å². The van der Waals surface area contributed by atoms with Crippen LogP contribution in [0.5, 0.6) is 0 Å². The quantitative estimate of drug-likeness (QED) is 0.817. The predicted octanol–water partition coefficient (Wildman–Crippen LogP) is 4.21. The minimum atomic E-state index is -0.156. The maximum atomic E-state index is 13.0. The van der Waals surface area contributed by atoms with Crippen LogP contribution in [0.15, 0.2) is 48.7 Å². The van der Waals surface area contributed by atoms with Crippen molar-refractivity contribution in [3.8, 4) is 0 Å². The van der Waals surface area contributed by atoms with Gasteiger partial charge in [0.25, 0.3) is 5.91 Å². The normalized spacial score (nSPS) is 25.3. The summed E-state index contributed by atoms with van der Waals surface area (Å²) in [7, 11) is 0. The third-order valence-corrected chi connectivity index (χ3v) is 6.35. The molecule has 2 heterocycles. The smallest absolute Gasteiger partial charge is 0.255 e. The minimum Gasteiger partial charge on any atom is -0.393 e. The summed E-state index contributed by atoms with van der Waals surface area (Å²) in [5, 5.41) is 13.1. The zero-order valence-electron chi connectivity index (χ0n) is 17.0. The Morgan fingerprint density at radius 1 is 0.966 bits per heavy atom. The summed E-state index contributed by atoms with van der Waals surface area (Å²) >= 11 is 0. The fourth-order valence-electron chi connectivity index (χ4n) is 4.58. The van der Waals surface area contributed by atoms with Crippen LogP contribution >= 0.6 is 0 Å². The van der Waals surface area contributed by atoms with E-state index in [1.54, 1.807) is 6.20 Å². The molecule has 2 fully saturated rings. The Morgan fingerprint density at radius 3 is 2.48 bits per heavy atom. The molecule has 1 saturated carbocycles. The summed E-state index contributed by atoms with van der Waals surface area (Å²) in [6.07, 6.45) is 8.31. The Kier molecular flexibility index (Phi) is 6.45. The Labute approximate surface area is 173 Å². The molecule has 1 aliphatic heterocycles. The number of nitrogens with one attached hydrogen (secondary N) is 1. The van der Waals surface area contributed by atoms with Crippen molar-refractivity contribution in [3.05, 3.63) is 59.8 Å². The first-order valence-corrected chi connectivity index (χ1v) is 10.9. The average Bonchev–Trinajstić information content (AvgIpc) is 3.02. The van der Waals surface area contributed by atoms with Crippen molar-refractivity contribution < 1.29 is 9.90 Å². The van der Waals surface area contributed by atoms with Crippen LogP contribution in [0.2, 0.25) is 0 Å². The molecule has 2 N–H and O–H groups in total. The molecule has 1 atom stereocenters. The van der Waals surface area contributed by atoms with Crippen molar-refractivity contribution in [1.29, 1.82) is 0 Å². The number of anilines is 1. The fourth-order valence-corrected chi connectivity index (χ4v) is 4.58. The van der Waals surface area contributed by atoms with Gasteiger partial charge in [0.2, 0.25) is 0 Å². The van der Waals surface area contributed by atoms with Gasteiger partial charge in [0.15, 0.2) is 0 Å². The molecule has 0 spiro atoms. The average molecular weight is 394 g/mol. The molecule has 1 saturated heterocycles. The van der Waals surface area contributed by atoms with Crippen LogP contribution in [0.4, 0.5) is 5.82 Å². The molecule has 5 heteroatoms. The third-order valence-electron chi connectivity index (χ3n) is 6.35. The second-order valence-corrected chi connectivity index (χ2v) is 8.41. The van der Waals surface area contributed by atoms with E-state index in [2.05, 4.69) is 40.6 Å². The van der Waals surface area contributed by atoms with E-state index in [0.29, 0.717) is 17.5 Å². The summed E-state index contributed by atoms with van der Waals surface area (Å²) in [5.41, 5.74) is 2.04. The van der Waals surface area contributed by atoms with Crippen molar-refractivity contribution in [2.24, 2.45) is 0 Å². The number of nitrogens with zero attached hydrogens (tertiary/aromatic N) is 2. The van der Waals surface area contributed by atoms with Crippen LogP contribution in [0.3, 0.4) is 0 Å². The third kappa shape index (κ3) is 5.15.